The quantitative estimate of drug-likeness (QED) is 0.803. The number of anilines is 1. The molecule has 8 heteroatoms. The molecule has 2 aromatic heterocycles. The van der Waals surface area contributed by atoms with Crippen molar-refractivity contribution in [1.29, 1.82) is 0 Å². The standard InChI is InChI=1S/C11H11ClN6S/c12-8-15-9(18-6-1-2-7-18)17-11(16-8)19-10-13-4-3-5-14-10/h3-5H,1-2,6-7H2. The van der Waals surface area contributed by atoms with Gasteiger partial charge >= 0.3 is 0 Å². The van der Waals surface area contributed by atoms with Crippen LogP contribution in [0.2, 0.25) is 5.28 Å². The van der Waals surface area contributed by atoms with E-state index in [1.807, 2.05) is 0 Å². The van der Waals surface area contributed by atoms with Crippen molar-refractivity contribution in [2.45, 2.75) is 23.2 Å². The molecule has 3 rings (SSSR count). The van der Waals surface area contributed by atoms with Crippen LogP contribution in [0.4, 0.5) is 5.95 Å². The minimum atomic E-state index is 0.204. The van der Waals surface area contributed by atoms with Gasteiger partial charge in [0.25, 0.3) is 0 Å². The minimum absolute atomic E-state index is 0.204. The van der Waals surface area contributed by atoms with Crippen LogP contribution in [0.25, 0.3) is 0 Å². The number of hydrogen-bond acceptors (Lipinski definition) is 7. The highest BCUT2D eigenvalue weighted by atomic mass is 35.5. The number of halogens is 1. The van der Waals surface area contributed by atoms with Crippen molar-refractivity contribution in [3.05, 3.63) is 23.7 Å². The largest absolute Gasteiger partial charge is 0.341 e. The van der Waals surface area contributed by atoms with Gasteiger partial charge in [-0.25, -0.2) is 9.97 Å². The summed E-state index contributed by atoms with van der Waals surface area (Å²) in [7, 11) is 0. The molecule has 0 unspecified atom stereocenters. The van der Waals surface area contributed by atoms with Gasteiger partial charge in [0.2, 0.25) is 16.4 Å². The zero-order valence-electron chi connectivity index (χ0n) is 10.0. The number of hydrogen-bond donors (Lipinski definition) is 0. The predicted octanol–water partition coefficient (Wildman–Crippen LogP) is 2.07. The molecule has 6 nitrogen and oxygen atoms in total. The first-order chi connectivity index (χ1) is 9.31. The molecule has 0 spiro atoms. The SMILES string of the molecule is Clc1nc(Sc2ncccn2)nc(N2CCCC2)n1. The number of rotatable bonds is 3. The monoisotopic (exact) mass is 294 g/mol. The zero-order chi connectivity index (χ0) is 13.1. The third kappa shape index (κ3) is 3.10. The molecule has 1 aliphatic heterocycles. The first kappa shape index (κ1) is 12.6. The van der Waals surface area contributed by atoms with Crippen molar-refractivity contribution in [3.63, 3.8) is 0 Å². The average Bonchev–Trinajstić information content (AvgIpc) is 2.93. The molecule has 0 N–H and O–H groups in total. The van der Waals surface area contributed by atoms with Crippen LogP contribution in [0.15, 0.2) is 28.8 Å². The molecule has 0 radical (unpaired) electrons. The second kappa shape index (κ2) is 5.66. The van der Waals surface area contributed by atoms with Gasteiger partial charge in [0.1, 0.15) is 0 Å². The van der Waals surface area contributed by atoms with E-state index < -0.39 is 0 Å². The van der Waals surface area contributed by atoms with Gasteiger partial charge in [-0.3, -0.25) is 0 Å². The summed E-state index contributed by atoms with van der Waals surface area (Å²) < 4.78 is 0. The Balaban J connectivity index is 1.85. The lowest BCUT2D eigenvalue weighted by Gasteiger charge is -2.14. The van der Waals surface area contributed by atoms with Crippen molar-refractivity contribution >= 4 is 29.3 Å². The molecule has 2 aromatic rings. The summed E-state index contributed by atoms with van der Waals surface area (Å²) in [5.41, 5.74) is 0. The number of nitrogens with zero attached hydrogens (tertiary/aromatic N) is 6. The van der Waals surface area contributed by atoms with E-state index in [0.717, 1.165) is 25.9 Å². The Kier molecular flexibility index (Phi) is 3.74. The lowest BCUT2D eigenvalue weighted by molar-refractivity contribution is 0.822. The molecule has 98 valence electrons. The topological polar surface area (TPSA) is 67.7 Å². The summed E-state index contributed by atoms with van der Waals surface area (Å²) in [4.78, 5) is 23.1. The van der Waals surface area contributed by atoms with Crippen LogP contribution in [0.3, 0.4) is 0 Å². The van der Waals surface area contributed by atoms with Crippen molar-refractivity contribution < 1.29 is 0 Å². The highest BCUT2D eigenvalue weighted by molar-refractivity contribution is 7.99. The highest BCUT2D eigenvalue weighted by Gasteiger charge is 2.17. The summed E-state index contributed by atoms with van der Waals surface area (Å²) in [5.74, 6) is 0.635. The smallest absolute Gasteiger partial charge is 0.230 e. The molecular formula is C11H11ClN6S. The fourth-order valence-electron chi connectivity index (χ4n) is 1.85. The van der Waals surface area contributed by atoms with Crippen LogP contribution in [0.5, 0.6) is 0 Å². The van der Waals surface area contributed by atoms with E-state index >= 15 is 0 Å². The van der Waals surface area contributed by atoms with E-state index in [0.29, 0.717) is 16.3 Å². The predicted molar refractivity (Wildman–Crippen MR) is 72.4 cm³/mol. The summed E-state index contributed by atoms with van der Waals surface area (Å²) >= 11 is 7.23. The zero-order valence-corrected chi connectivity index (χ0v) is 11.6. The van der Waals surface area contributed by atoms with Gasteiger partial charge in [-0.05, 0) is 42.3 Å². The molecule has 0 saturated carbocycles. The molecule has 1 aliphatic rings. The molecule has 0 aliphatic carbocycles. The molecule has 0 bridgehead atoms. The maximum atomic E-state index is 5.95. The van der Waals surface area contributed by atoms with Crippen molar-refractivity contribution in [2.75, 3.05) is 18.0 Å². The van der Waals surface area contributed by atoms with Gasteiger partial charge in [0, 0.05) is 25.5 Å². The van der Waals surface area contributed by atoms with Crippen molar-refractivity contribution in [2.24, 2.45) is 0 Å². The first-order valence-corrected chi connectivity index (χ1v) is 7.12. The van der Waals surface area contributed by atoms with Crippen LogP contribution < -0.4 is 4.90 Å². The van der Waals surface area contributed by atoms with Gasteiger partial charge < -0.3 is 4.90 Å². The van der Waals surface area contributed by atoms with Crippen LogP contribution in [0, 0.1) is 0 Å². The second-order valence-electron chi connectivity index (χ2n) is 4.01. The van der Waals surface area contributed by atoms with E-state index in [1.165, 1.54) is 11.8 Å². The van der Waals surface area contributed by atoms with Crippen molar-refractivity contribution in [1.82, 2.24) is 24.9 Å². The van der Waals surface area contributed by atoms with E-state index in [4.69, 9.17) is 11.6 Å². The third-order valence-corrected chi connectivity index (χ3v) is 3.62. The Morgan fingerprint density at radius 3 is 2.47 bits per heavy atom. The first-order valence-electron chi connectivity index (χ1n) is 5.93. The molecule has 0 aromatic carbocycles. The Hall–Kier alpha value is -1.47. The third-order valence-electron chi connectivity index (χ3n) is 2.69. The van der Waals surface area contributed by atoms with E-state index in [2.05, 4.69) is 29.8 Å². The molecule has 3 heterocycles. The van der Waals surface area contributed by atoms with Gasteiger partial charge in [-0.1, -0.05) is 0 Å². The van der Waals surface area contributed by atoms with Gasteiger partial charge in [-0.2, -0.15) is 15.0 Å². The van der Waals surface area contributed by atoms with Gasteiger partial charge in [0.05, 0.1) is 0 Å². The van der Waals surface area contributed by atoms with Crippen LogP contribution in [0.1, 0.15) is 12.8 Å². The molecular weight excluding hydrogens is 284 g/mol. The summed E-state index contributed by atoms with van der Waals surface area (Å²) in [6.45, 7) is 1.93. The average molecular weight is 295 g/mol. The maximum absolute atomic E-state index is 5.95. The summed E-state index contributed by atoms with van der Waals surface area (Å²) in [6.07, 6.45) is 5.68. The van der Waals surface area contributed by atoms with Crippen LogP contribution >= 0.6 is 23.4 Å². The Morgan fingerprint density at radius 2 is 1.74 bits per heavy atom. The molecule has 19 heavy (non-hydrogen) atoms. The molecule has 0 atom stereocenters. The van der Waals surface area contributed by atoms with E-state index in [1.54, 1.807) is 18.5 Å². The lowest BCUT2D eigenvalue weighted by Crippen LogP contribution is -2.21. The van der Waals surface area contributed by atoms with E-state index in [-0.39, 0.29) is 5.28 Å². The molecule has 1 saturated heterocycles. The molecule has 0 amide bonds. The number of aromatic nitrogens is 5. The fraction of sp³-hybridized carbons (Fsp3) is 0.364. The Morgan fingerprint density at radius 1 is 1.00 bits per heavy atom. The summed E-state index contributed by atoms with van der Waals surface area (Å²) in [5, 5.41) is 1.32. The normalized spacial score (nSPS) is 14.9. The second-order valence-corrected chi connectivity index (χ2v) is 5.29. The fourth-order valence-corrected chi connectivity index (χ4v) is 2.70. The van der Waals surface area contributed by atoms with Crippen molar-refractivity contribution in [3.8, 4) is 0 Å². The van der Waals surface area contributed by atoms with Crippen LogP contribution in [-0.2, 0) is 0 Å². The van der Waals surface area contributed by atoms with Crippen LogP contribution in [-0.4, -0.2) is 38.0 Å². The molecule has 1 fully saturated rings. The summed E-state index contributed by atoms with van der Waals surface area (Å²) in [6, 6.07) is 1.76. The van der Waals surface area contributed by atoms with Gasteiger partial charge in [-0.15, -0.1) is 0 Å². The minimum Gasteiger partial charge on any atom is -0.341 e. The van der Waals surface area contributed by atoms with E-state index in [9.17, 15) is 0 Å². The maximum Gasteiger partial charge on any atom is 0.230 e. The Bertz CT molecular complexity index is 560. The Labute approximate surface area is 119 Å². The lowest BCUT2D eigenvalue weighted by atomic mass is 10.4. The highest BCUT2D eigenvalue weighted by Crippen LogP contribution is 2.24. The van der Waals surface area contributed by atoms with Gasteiger partial charge in [0.15, 0.2) is 5.16 Å².